The van der Waals surface area contributed by atoms with Gasteiger partial charge in [0.2, 0.25) is 0 Å². The largest absolute Gasteiger partial charge is 0.378 e. The van der Waals surface area contributed by atoms with Crippen molar-refractivity contribution >= 4 is 28.9 Å². The number of hydrogen-bond acceptors (Lipinski definition) is 1. The number of anilines is 1. The molecule has 0 amide bonds. The Morgan fingerprint density at radius 3 is 2.64 bits per heavy atom. The van der Waals surface area contributed by atoms with Crippen LogP contribution in [0.4, 0.5) is 10.1 Å². The zero-order valence-corrected chi connectivity index (χ0v) is 13.2. The molecule has 0 saturated carbocycles. The molecule has 4 heteroatoms. The lowest BCUT2D eigenvalue weighted by atomic mass is 9.77. The Morgan fingerprint density at radius 2 is 1.86 bits per heavy atom. The lowest BCUT2D eigenvalue weighted by Crippen LogP contribution is -2.29. The molecular formula is C18H14Cl2FN. The van der Waals surface area contributed by atoms with Crippen LogP contribution in [0.5, 0.6) is 0 Å². The molecule has 0 bridgehead atoms. The molecule has 0 spiro atoms. The maximum atomic E-state index is 13.2. The molecule has 4 rings (SSSR count). The highest BCUT2D eigenvalue weighted by Gasteiger charge is 2.39. The van der Waals surface area contributed by atoms with Crippen molar-refractivity contribution in [3.63, 3.8) is 0 Å². The zero-order chi connectivity index (χ0) is 15.3. The molecule has 2 aliphatic rings. The van der Waals surface area contributed by atoms with Crippen molar-refractivity contribution in [2.75, 3.05) is 5.32 Å². The van der Waals surface area contributed by atoms with Crippen molar-refractivity contribution in [1.29, 1.82) is 0 Å². The summed E-state index contributed by atoms with van der Waals surface area (Å²) in [7, 11) is 0. The zero-order valence-electron chi connectivity index (χ0n) is 11.7. The van der Waals surface area contributed by atoms with Crippen LogP contribution in [-0.4, -0.2) is 0 Å². The average molecular weight is 334 g/mol. The number of hydrogen-bond donors (Lipinski definition) is 1. The van der Waals surface area contributed by atoms with Crippen LogP contribution in [0.3, 0.4) is 0 Å². The molecule has 1 aliphatic carbocycles. The second kappa shape index (κ2) is 5.29. The number of rotatable bonds is 1. The van der Waals surface area contributed by atoms with E-state index in [0.29, 0.717) is 16.0 Å². The second-order valence-corrected chi connectivity index (χ2v) is 6.72. The molecule has 112 valence electrons. The number of benzene rings is 2. The van der Waals surface area contributed by atoms with E-state index in [1.165, 1.54) is 12.1 Å². The molecule has 2 aromatic rings. The molecule has 22 heavy (non-hydrogen) atoms. The summed E-state index contributed by atoms with van der Waals surface area (Å²) < 4.78 is 13.2. The summed E-state index contributed by atoms with van der Waals surface area (Å²) in [4.78, 5) is 0. The Kier molecular flexibility index (Phi) is 3.39. The highest BCUT2D eigenvalue weighted by atomic mass is 35.5. The second-order valence-electron chi connectivity index (χ2n) is 5.88. The lowest BCUT2D eigenvalue weighted by molar-refractivity contribution is 0.425. The normalized spacial score (nSPS) is 25.5. The summed E-state index contributed by atoms with van der Waals surface area (Å²) in [5.41, 5.74) is 3.17. The van der Waals surface area contributed by atoms with Crippen molar-refractivity contribution < 1.29 is 4.39 Å². The summed E-state index contributed by atoms with van der Waals surface area (Å²) in [5.74, 6) is 0.444. The van der Waals surface area contributed by atoms with Gasteiger partial charge in [0.1, 0.15) is 5.82 Å². The highest BCUT2D eigenvalue weighted by Crippen LogP contribution is 2.52. The Hall–Kier alpha value is -1.51. The fourth-order valence-corrected chi connectivity index (χ4v) is 4.26. The van der Waals surface area contributed by atoms with Crippen LogP contribution in [0.2, 0.25) is 10.0 Å². The Labute approximate surface area is 138 Å². The first kappa shape index (κ1) is 14.1. The van der Waals surface area contributed by atoms with Gasteiger partial charge in [-0.1, -0.05) is 47.5 Å². The summed E-state index contributed by atoms with van der Waals surface area (Å²) in [6.45, 7) is 0. The lowest BCUT2D eigenvalue weighted by Gasteiger charge is -2.38. The standard InChI is InChI=1S/C18H14Cl2FN/c19-11-8-15(20)17-13-2-1-3-14(13)18(22-16(17)9-11)10-4-6-12(21)7-5-10/h1-2,4-9,13-14,18,22H,3H2. The van der Waals surface area contributed by atoms with Gasteiger partial charge in [0.15, 0.2) is 0 Å². The SMILES string of the molecule is Fc1ccc(C2Nc3cc(Cl)cc(Cl)c3C3C=CCC32)cc1. The minimum Gasteiger partial charge on any atom is -0.378 e. The van der Waals surface area contributed by atoms with Gasteiger partial charge in [0, 0.05) is 27.2 Å². The van der Waals surface area contributed by atoms with E-state index in [4.69, 9.17) is 23.2 Å². The number of nitrogens with one attached hydrogen (secondary N) is 1. The van der Waals surface area contributed by atoms with Crippen LogP contribution in [0.1, 0.15) is 29.5 Å². The first-order valence-electron chi connectivity index (χ1n) is 7.31. The fourth-order valence-electron chi connectivity index (χ4n) is 3.64. The smallest absolute Gasteiger partial charge is 0.123 e. The molecule has 0 radical (unpaired) electrons. The van der Waals surface area contributed by atoms with E-state index < -0.39 is 0 Å². The van der Waals surface area contributed by atoms with Gasteiger partial charge >= 0.3 is 0 Å². The molecule has 3 atom stereocenters. The van der Waals surface area contributed by atoms with E-state index in [0.717, 1.165) is 23.2 Å². The van der Waals surface area contributed by atoms with Crippen LogP contribution in [0.15, 0.2) is 48.6 Å². The number of halogens is 3. The van der Waals surface area contributed by atoms with Crippen LogP contribution >= 0.6 is 23.2 Å². The van der Waals surface area contributed by atoms with Gasteiger partial charge in [0.05, 0.1) is 6.04 Å². The third-order valence-corrected chi connectivity index (χ3v) is 5.14. The minimum atomic E-state index is -0.216. The molecule has 3 unspecified atom stereocenters. The van der Waals surface area contributed by atoms with Gasteiger partial charge in [-0.15, -0.1) is 0 Å². The third kappa shape index (κ3) is 2.22. The van der Waals surface area contributed by atoms with Crippen LogP contribution in [-0.2, 0) is 0 Å². The van der Waals surface area contributed by atoms with E-state index in [-0.39, 0.29) is 17.8 Å². The van der Waals surface area contributed by atoms with Gasteiger partial charge in [-0.3, -0.25) is 0 Å². The topological polar surface area (TPSA) is 12.0 Å². The van der Waals surface area contributed by atoms with E-state index in [9.17, 15) is 4.39 Å². The highest BCUT2D eigenvalue weighted by molar-refractivity contribution is 6.35. The predicted molar refractivity (Wildman–Crippen MR) is 89.2 cm³/mol. The van der Waals surface area contributed by atoms with E-state index >= 15 is 0 Å². The molecule has 1 N–H and O–H groups in total. The molecule has 2 aromatic carbocycles. The van der Waals surface area contributed by atoms with E-state index in [1.807, 2.05) is 18.2 Å². The van der Waals surface area contributed by atoms with Crippen LogP contribution in [0, 0.1) is 11.7 Å². The summed E-state index contributed by atoms with van der Waals surface area (Å²) in [6, 6.07) is 10.6. The maximum absolute atomic E-state index is 13.2. The van der Waals surface area contributed by atoms with E-state index in [2.05, 4.69) is 17.5 Å². The van der Waals surface area contributed by atoms with Gasteiger partial charge in [-0.05, 0) is 42.2 Å². The molecular weight excluding hydrogens is 320 g/mol. The predicted octanol–water partition coefficient (Wildman–Crippen LogP) is 5.96. The molecule has 0 aromatic heterocycles. The van der Waals surface area contributed by atoms with Gasteiger partial charge in [0.25, 0.3) is 0 Å². The summed E-state index contributed by atoms with van der Waals surface area (Å²) in [6.07, 6.45) is 5.41. The number of fused-ring (bicyclic) bond motifs is 3. The fraction of sp³-hybridized carbons (Fsp3) is 0.222. The van der Waals surface area contributed by atoms with Gasteiger partial charge in [-0.25, -0.2) is 4.39 Å². The third-order valence-electron chi connectivity index (χ3n) is 4.61. The van der Waals surface area contributed by atoms with Crippen LogP contribution < -0.4 is 5.32 Å². The first-order valence-corrected chi connectivity index (χ1v) is 8.06. The van der Waals surface area contributed by atoms with E-state index in [1.54, 1.807) is 6.07 Å². The number of allylic oxidation sites excluding steroid dienone is 2. The van der Waals surface area contributed by atoms with Gasteiger partial charge < -0.3 is 5.32 Å². The van der Waals surface area contributed by atoms with Crippen molar-refractivity contribution in [3.8, 4) is 0 Å². The summed E-state index contributed by atoms with van der Waals surface area (Å²) >= 11 is 12.6. The Balaban J connectivity index is 1.82. The average Bonchev–Trinajstić information content (AvgIpc) is 2.95. The molecule has 0 fully saturated rings. The van der Waals surface area contributed by atoms with Crippen molar-refractivity contribution in [2.24, 2.45) is 5.92 Å². The first-order chi connectivity index (χ1) is 10.6. The monoisotopic (exact) mass is 333 g/mol. The maximum Gasteiger partial charge on any atom is 0.123 e. The molecule has 0 saturated heterocycles. The van der Waals surface area contributed by atoms with Crippen molar-refractivity contribution in [1.82, 2.24) is 0 Å². The molecule has 1 heterocycles. The summed E-state index contributed by atoms with van der Waals surface area (Å²) in [5, 5.41) is 4.88. The van der Waals surface area contributed by atoms with Gasteiger partial charge in [-0.2, -0.15) is 0 Å². The van der Waals surface area contributed by atoms with Crippen LogP contribution in [0.25, 0.3) is 0 Å². The minimum absolute atomic E-state index is 0.127. The molecule has 1 aliphatic heterocycles. The quantitative estimate of drug-likeness (QED) is 0.635. The molecule has 1 nitrogen and oxygen atoms in total. The van der Waals surface area contributed by atoms with Crippen molar-refractivity contribution in [3.05, 3.63) is 75.5 Å². The Morgan fingerprint density at radius 1 is 1.09 bits per heavy atom. The van der Waals surface area contributed by atoms with Crippen molar-refractivity contribution in [2.45, 2.75) is 18.4 Å². The Bertz CT molecular complexity index is 754.